The average Bonchev–Trinajstić information content (AvgIpc) is 3.12. The maximum absolute atomic E-state index is 9.25. The topological polar surface area (TPSA) is 35.5 Å². The fourth-order valence-corrected chi connectivity index (χ4v) is 3.89. The Morgan fingerprint density at radius 1 is 1.33 bits per heavy atom. The summed E-state index contributed by atoms with van der Waals surface area (Å²) in [5, 5.41) is 12.7. The van der Waals surface area contributed by atoms with Gasteiger partial charge in [-0.3, -0.25) is 4.90 Å². The number of nitrogens with zero attached hydrogens (tertiary/aromatic N) is 1. The first-order chi connectivity index (χ1) is 8.69. The monoisotopic (exact) mass is 254 g/mol. The van der Waals surface area contributed by atoms with Crippen molar-refractivity contribution in [3.05, 3.63) is 0 Å². The van der Waals surface area contributed by atoms with Crippen molar-refractivity contribution in [3.8, 4) is 0 Å². The van der Waals surface area contributed by atoms with E-state index in [9.17, 15) is 5.11 Å². The van der Waals surface area contributed by atoms with Crippen LogP contribution < -0.4 is 5.32 Å². The van der Waals surface area contributed by atoms with E-state index in [4.69, 9.17) is 0 Å². The molecule has 2 unspecified atom stereocenters. The zero-order chi connectivity index (χ0) is 13.0. The molecule has 0 aromatic carbocycles. The lowest BCUT2D eigenvalue weighted by atomic mass is 9.69. The summed E-state index contributed by atoms with van der Waals surface area (Å²) in [4.78, 5) is 2.55. The van der Waals surface area contributed by atoms with Gasteiger partial charge in [0.25, 0.3) is 0 Å². The Bertz CT molecular complexity index is 251. The van der Waals surface area contributed by atoms with E-state index in [1.807, 2.05) is 0 Å². The third-order valence-corrected chi connectivity index (χ3v) is 4.73. The summed E-state index contributed by atoms with van der Waals surface area (Å²) >= 11 is 0. The number of aliphatic hydroxyl groups excluding tert-OH is 1. The molecule has 0 radical (unpaired) electrons. The first kappa shape index (κ1) is 14.3. The van der Waals surface area contributed by atoms with Crippen LogP contribution in [-0.4, -0.2) is 49.3 Å². The second-order valence-corrected chi connectivity index (χ2v) is 6.66. The molecule has 0 bridgehead atoms. The van der Waals surface area contributed by atoms with Gasteiger partial charge in [0.05, 0.1) is 6.61 Å². The quantitative estimate of drug-likeness (QED) is 0.728. The van der Waals surface area contributed by atoms with Gasteiger partial charge >= 0.3 is 0 Å². The van der Waals surface area contributed by atoms with Crippen LogP contribution in [0.4, 0.5) is 0 Å². The highest BCUT2D eigenvalue weighted by atomic mass is 16.3. The highest BCUT2D eigenvalue weighted by molar-refractivity contribution is 4.93. The lowest BCUT2D eigenvalue weighted by Crippen LogP contribution is -2.47. The minimum absolute atomic E-state index is 0.307. The van der Waals surface area contributed by atoms with Gasteiger partial charge in [0.15, 0.2) is 0 Å². The van der Waals surface area contributed by atoms with E-state index in [-0.39, 0.29) is 0 Å². The van der Waals surface area contributed by atoms with E-state index < -0.39 is 0 Å². The van der Waals surface area contributed by atoms with Gasteiger partial charge in [0.1, 0.15) is 0 Å². The summed E-state index contributed by atoms with van der Waals surface area (Å²) in [5.74, 6) is 0.863. The minimum atomic E-state index is 0.307. The van der Waals surface area contributed by atoms with Crippen molar-refractivity contribution in [1.29, 1.82) is 0 Å². The minimum Gasteiger partial charge on any atom is -0.395 e. The van der Waals surface area contributed by atoms with Crippen LogP contribution in [0.15, 0.2) is 0 Å². The van der Waals surface area contributed by atoms with Crippen LogP contribution in [0.5, 0.6) is 0 Å². The van der Waals surface area contributed by atoms with E-state index >= 15 is 0 Å². The predicted octanol–water partition coefficient (Wildman–Crippen LogP) is 1.86. The van der Waals surface area contributed by atoms with Crippen LogP contribution in [-0.2, 0) is 0 Å². The number of hydrogen-bond donors (Lipinski definition) is 2. The van der Waals surface area contributed by atoms with Crippen LogP contribution in [0.3, 0.4) is 0 Å². The second kappa shape index (κ2) is 6.36. The van der Waals surface area contributed by atoms with Gasteiger partial charge in [-0.05, 0) is 44.1 Å². The molecule has 2 aliphatic rings. The highest BCUT2D eigenvalue weighted by Crippen LogP contribution is 2.41. The lowest BCUT2D eigenvalue weighted by Gasteiger charge is -2.43. The largest absolute Gasteiger partial charge is 0.395 e. The average molecular weight is 254 g/mol. The second-order valence-electron chi connectivity index (χ2n) is 6.66. The number of hydrogen-bond acceptors (Lipinski definition) is 3. The molecule has 0 heterocycles. The van der Waals surface area contributed by atoms with Crippen LogP contribution in [0.1, 0.15) is 45.4 Å². The van der Waals surface area contributed by atoms with Crippen molar-refractivity contribution in [3.63, 3.8) is 0 Å². The SMILES string of the molecule is CNCC1(CN(CCO)C2CC2)CCCC(C)C1. The van der Waals surface area contributed by atoms with Crippen LogP contribution >= 0.6 is 0 Å². The summed E-state index contributed by atoms with van der Waals surface area (Å²) in [6.07, 6.45) is 8.15. The lowest BCUT2D eigenvalue weighted by molar-refractivity contribution is 0.0677. The fraction of sp³-hybridized carbons (Fsp3) is 1.00. The zero-order valence-corrected chi connectivity index (χ0v) is 12.1. The molecule has 0 amide bonds. The molecule has 3 heteroatoms. The number of aliphatic hydroxyl groups is 1. The van der Waals surface area contributed by atoms with Crippen molar-refractivity contribution in [2.45, 2.75) is 51.5 Å². The Labute approximate surface area is 112 Å². The van der Waals surface area contributed by atoms with E-state index in [1.54, 1.807) is 0 Å². The van der Waals surface area contributed by atoms with Gasteiger partial charge < -0.3 is 10.4 Å². The van der Waals surface area contributed by atoms with Crippen LogP contribution in [0.2, 0.25) is 0 Å². The summed E-state index contributed by atoms with van der Waals surface area (Å²) in [6.45, 7) is 5.89. The first-order valence-corrected chi connectivity index (χ1v) is 7.68. The first-order valence-electron chi connectivity index (χ1n) is 7.68. The smallest absolute Gasteiger partial charge is 0.0558 e. The Morgan fingerprint density at radius 3 is 2.67 bits per heavy atom. The van der Waals surface area contributed by atoms with Gasteiger partial charge in [0, 0.05) is 25.7 Å². The third-order valence-electron chi connectivity index (χ3n) is 4.73. The zero-order valence-electron chi connectivity index (χ0n) is 12.1. The Morgan fingerprint density at radius 2 is 2.11 bits per heavy atom. The molecule has 18 heavy (non-hydrogen) atoms. The summed E-state index contributed by atoms with van der Waals surface area (Å²) in [6, 6.07) is 0.767. The molecule has 2 aliphatic carbocycles. The van der Waals surface area contributed by atoms with Crippen molar-refractivity contribution >= 4 is 0 Å². The van der Waals surface area contributed by atoms with Crippen molar-refractivity contribution in [2.24, 2.45) is 11.3 Å². The molecule has 2 saturated carbocycles. The van der Waals surface area contributed by atoms with Crippen molar-refractivity contribution in [2.75, 3.05) is 33.3 Å². The van der Waals surface area contributed by atoms with Crippen molar-refractivity contribution in [1.82, 2.24) is 10.2 Å². The number of rotatable bonds is 7. The van der Waals surface area contributed by atoms with Gasteiger partial charge in [-0.25, -0.2) is 0 Å². The predicted molar refractivity (Wildman–Crippen MR) is 75.7 cm³/mol. The Balaban J connectivity index is 1.98. The molecule has 2 rings (SSSR count). The van der Waals surface area contributed by atoms with Gasteiger partial charge in [0.2, 0.25) is 0 Å². The van der Waals surface area contributed by atoms with Crippen molar-refractivity contribution < 1.29 is 5.11 Å². The molecule has 0 saturated heterocycles. The normalized spacial score (nSPS) is 33.0. The molecule has 2 atom stereocenters. The summed E-state index contributed by atoms with van der Waals surface area (Å²) < 4.78 is 0. The summed E-state index contributed by atoms with van der Waals surface area (Å²) in [7, 11) is 2.08. The molecule has 0 aliphatic heterocycles. The Kier molecular flexibility index (Phi) is 5.05. The third kappa shape index (κ3) is 3.69. The van der Waals surface area contributed by atoms with Crippen LogP contribution in [0.25, 0.3) is 0 Å². The van der Waals surface area contributed by atoms with E-state index in [0.717, 1.165) is 25.0 Å². The van der Waals surface area contributed by atoms with E-state index in [0.29, 0.717) is 12.0 Å². The van der Waals surface area contributed by atoms with Gasteiger partial charge in [-0.2, -0.15) is 0 Å². The number of nitrogens with one attached hydrogen (secondary N) is 1. The molecule has 3 nitrogen and oxygen atoms in total. The molecule has 0 aromatic heterocycles. The maximum Gasteiger partial charge on any atom is 0.0558 e. The highest BCUT2D eigenvalue weighted by Gasteiger charge is 2.39. The molecular weight excluding hydrogens is 224 g/mol. The fourth-order valence-electron chi connectivity index (χ4n) is 3.89. The molecule has 106 valence electrons. The Hall–Kier alpha value is -0.120. The molecule has 0 aromatic rings. The standard InChI is InChI=1S/C15H30N2O/c1-13-4-3-7-15(10-13,11-16-2)12-17(8-9-18)14-5-6-14/h13-14,16,18H,3-12H2,1-2H3. The van der Waals surface area contributed by atoms with Gasteiger partial charge in [-0.15, -0.1) is 0 Å². The molecule has 0 spiro atoms. The van der Waals surface area contributed by atoms with E-state index in [2.05, 4.69) is 24.2 Å². The molecule has 2 fully saturated rings. The maximum atomic E-state index is 9.25. The van der Waals surface area contributed by atoms with Crippen LogP contribution in [0, 0.1) is 11.3 Å². The van der Waals surface area contributed by atoms with Gasteiger partial charge in [-0.1, -0.05) is 19.8 Å². The van der Waals surface area contributed by atoms with E-state index in [1.165, 1.54) is 45.1 Å². The molecule has 2 N–H and O–H groups in total. The molecular formula is C15H30N2O. The summed E-state index contributed by atoms with van der Waals surface area (Å²) in [5.41, 5.74) is 0.449.